The Balaban J connectivity index is 2.47. The maximum absolute atomic E-state index is 6.10. The van der Waals surface area contributed by atoms with Crippen LogP contribution < -0.4 is 15.8 Å². The number of benzene rings is 1. The van der Waals surface area contributed by atoms with Gasteiger partial charge in [0, 0.05) is 6.54 Å². The summed E-state index contributed by atoms with van der Waals surface area (Å²) in [5, 5.41) is 4.02. The van der Waals surface area contributed by atoms with Crippen LogP contribution in [0.4, 0.5) is 0 Å². The summed E-state index contributed by atoms with van der Waals surface area (Å²) in [5.41, 5.74) is 6.71. The SMILES string of the molecule is CCOc1ccc(CNCC(C)CN)cc1Cl. The smallest absolute Gasteiger partial charge is 0.137 e. The molecule has 0 saturated heterocycles. The van der Waals surface area contributed by atoms with E-state index in [1.165, 1.54) is 0 Å². The van der Waals surface area contributed by atoms with Crippen LogP contribution in [-0.2, 0) is 6.54 Å². The zero-order chi connectivity index (χ0) is 12.7. The molecule has 96 valence electrons. The number of rotatable bonds is 7. The first-order valence-corrected chi connectivity index (χ1v) is 6.37. The molecule has 1 aromatic carbocycles. The van der Waals surface area contributed by atoms with Crippen molar-refractivity contribution in [3.8, 4) is 5.75 Å². The maximum atomic E-state index is 6.10. The fraction of sp³-hybridized carbons (Fsp3) is 0.538. The molecule has 0 aliphatic heterocycles. The Labute approximate surface area is 108 Å². The Morgan fingerprint density at radius 2 is 2.24 bits per heavy atom. The van der Waals surface area contributed by atoms with Gasteiger partial charge in [0.05, 0.1) is 11.6 Å². The summed E-state index contributed by atoms with van der Waals surface area (Å²) in [5.74, 6) is 1.24. The van der Waals surface area contributed by atoms with E-state index in [2.05, 4.69) is 12.2 Å². The molecule has 1 unspecified atom stereocenters. The van der Waals surface area contributed by atoms with Gasteiger partial charge >= 0.3 is 0 Å². The van der Waals surface area contributed by atoms with Crippen LogP contribution >= 0.6 is 11.6 Å². The molecule has 0 bridgehead atoms. The van der Waals surface area contributed by atoms with E-state index in [4.69, 9.17) is 22.1 Å². The molecule has 0 aromatic heterocycles. The van der Waals surface area contributed by atoms with Crippen molar-refractivity contribution in [1.29, 1.82) is 0 Å². The second kappa shape index (κ2) is 7.54. The Kier molecular flexibility index (Phi) is 6.34. The van der Waals surface area contributed by atoms with Crippen LogP contribution in [0.2, 0.25) is 5.02 Å². The highest BCUT2D eigenvalue weighted by atomic mass is 35.5. The molecule has 3 N–H and O–H groups in total. The van der Waals surface area contributed by atoms with Gasteiger partial charge < -0.3 is 15.8 Å². The van der Waals surface area contributed by atoms with Gasteiger partial charge in [0.1, 0.15) is 5.75 Å². The van der Waals surface area contributed by atoms with Crippen LogP contribution in [0.3, 0.4) is 0 Å². The molecule has 0 radical (unpaired) electrons. The normalized spacial score (nSPS) is 12.5. The minimum atomic E-state index is 0.494. The quantitative estimate of drug-likeness (QED) is 0.788. The molecular weight excluding hydrogens is 236 g/mol. The van der Waals surface area contributed by atoms with E-state index in [9.17, 15) is 0 Å². The van der Waals surface area contributed by atoms with Crippen LogP contribution in [0, 0.1) is 5.92 Å². The van der Waals surface area contributed by atoms with Crippen LogP contribution in [0.15, 0.2) is 18.2 Å². The molecule has 4 heteroatoms. The highest BCUT2D eigenvalue weighted by Crippen LogP contribution is 2.25. The van der Waals surface area contributed by atoms with Crippen molar-refractivity contribution >= 4 is 11.6 Å². The Hall–Kier alpha value is -0.770. The van der Waals surface area contributed by atoms with Crippen molar-refractivity contribution in [2.75, 3.05) is 19.7 Å². The van der Waals surface area contributed by atoms with Crippen molar-refractivity contribution in [1.82, 2.24) is 5.32 Å². The van der Waals surface area contributed by atoms with Gasteiger partial charge in [-0.05, 0) is 43.6 Å². The molecule has 0 saturated carbocycles. The Morgan fingerprint density at radius 3 is 2.82 bits per heavy atom. The van der Waals surface area contributed by atoms with Crippen LogP contribution in [0.1, 0.15) is 19.4 Å². The number of hydrogen-bond donors (Lipinski definition) is 2. The second-order valence-electron chi connectivity index (χ2n) is 4.17. The third-order valence-electron chi connectivity index (χ3n) is 2.52. The van der Waals surface area contributed by atoms with Crippen molar-refractivity contribution in [2.45, 2.75) is 20.4 Å². The molecule has 3 nitrogen and oxygen atoms in total. The van der Waals surface area contributed by atoms with Crippen molar-refractivity contribution in [2.24, 2.45) is 11.7 Å². The summed E-state index contributed by atoms with van der Waals surface area (Å²) < 4.78 is 5.38. The van der Waals surface area contributed by atoms with E-state index in [0.29, 0.717) is 24.1 Å². The molecule has 1 aromatic rings. The number of halogens is 1. The van der Waals surface area contributed by atoms with Gasteiger partial charge in [-0.1, -0.05) is 24.6 Å². The Morgan fingerprint density at radius 1 is 1.47 bits per heavy atom. The molecule has 0 spiro atoms. The van der Waals surface area contributed by atoms with E-state index in [0.717, 1.165) is 24.4 Å². The van der Waals surface area contributed by atoms with E-state index >= 15 is 0 Å². The molecular formula is C13H21ClN2O. The lowest BCUT2D eigenvalue weighted by molar-refractivity contribution is 0.340. The molecule has 0 aliphatic carbocycles. The average Bonchev–Trinajstić information content (AvgIpc) is 2.32. The van der Waals surface area contributed by atoms with Crippen molar-refractivity contribution < 1.29 is 4.74 Å². The summed E-state index contributed by atoms with van der Waals surface area (Å²) in [4.78, 5) is 0. The van der Waals surface area contributed by atoms with Gasteiger partial charge in [0.15, 0.2) is 0 Å². The van der Waals surface area contributed by atoms with Gasteiger partial charge in [-0.2, -0.15) is 0 Å². The molecule has 1 rings (SSSR count). The number of hydrogen-bond acceptors (Lipinski definition) is 3. The van der Waals surface area contributed by atoms with Gasteiger partial charge in [0.25, 0.3) is 0 Å². The van der Waals surface area contributed by atoms with Gasteiger partial charge in [-0.15, -0.1) is 0 Å². The third kappa shape index (κ3) is 4.94. The topological polar surface area (TPSA) is 47.3 Å². The average molecular weight is 257 g/mol. The van der Waals surface area contributed by atoms with Crippen molar-refractivity contribution in [3.05, 3.63) is 28.8 Å². The summed E-state index contributed by atoms with van der Waals surface area (Å²) >= 11 is 6.10. The van der Waals surface area contributed by atoms with E-state index < -0.39 is 0 Å². The highest BCUT2D eigenvalue weighted by molar-refractivity contribution is 6.32. The lowest BCUT2D eigenvalue weighted by Crippen LogP contribution is -2.25. The van der Waals surface area contributed by atoms with Crippen LogP contribution in [0.25, 0.3) is 0 Å². The number of ether oxygens (including phenoxy) is 1. The lowest BCUT2D eigenvalue weighted by atomic mass is 10.1. The maximum Gasteiger partial charge on any atom is 0.137 e. The zero-order valence-electron chi connectivity index (χ0n) is 10.5. The largest absolute Gasteiger partial charge is 0.492 e. The van der Waals surface area contributed by atoms with Crippen LogP contribution in [-0.4, -0.2) is 19.7 Å². The van der Waals surface area contributed by atoms with Crippen LogP contribution in [0.5, 0.6) is 5.75 Å². The van der Waals surface area contributed by atoms with Gasteiger partial charge in [-0.3, -0.25) is 0 Å². The molecule has 0 heterocycles. The monoisotopic (exact) mass is 256 g/mol. The second-order valence-corrected chi connectivity index (χ2v) is 4.58. The van der Waals surface area contributed by atoms with Crippen molar-refractivity contribution in [3.63, 3.8) is 0 Å². The first-order chi connectivity index (χ1) is 8.17. The first-order valence-electron chi connectivity index (χ1n) is 5.99. The predicted molar refractivity (Wildman–Crippen MR) is 72.5 cm³/mol. The molecule has 0 fully saturated rings. The molecule has 1 atom stereocenters. The Bertz CT molecular complexity index is 344. The first kappa shape index (κ1) is 14.3. The lowest BCUT2D eigenvalue weighted by Gasteiger charge is -2.11. The predicted octanol–water partition coefficient (Wildman–Crippen LogP) is 2.42. The summed E-state index contributed by atoms with van der Waals surface area (Å²) in [6.07, 6.45) is 0. The summed E-state index contributed by atoms with van der Waals surface area (Å²) in [6, 6.07) is 5.87. The fourth-order valence-corrected chi connectivity index (χ4v) is 1.73. The minimum Gasteiger partial charge on any atom is -0.492 e. The third-order valence-corrected chi connectivity index (χ3v) is 2.82. The molecule has 0 amide bonds. The molecule has 0 aliphatic rings. The standard InChI is InChI=1S/C13H21ClN2O/c1-3-17-13-5-4-11(6-12(13)14)9-16-8-10(2)7-15/h4-6,10,16H,3,7-9,15H2,1-2H3. The summed E-state index contributed by atoms with van der Waals surface area (Å²) in [7, 11) is 0. The number of nitrogens with two attached hydrogens (primary N) is 1. The number of nitrogens with one attached hydrogen (secondary N) is 1. The van der Waals surface area contributed by atoms with E-state index in [1.54, 1.807) is 0 Å². The van der Waals surface area contributed by atoms with E-state index in [-0.39, 0.29) is 0 Å². The fourth-order valence-electron chi connectivity index (χ4n) is 1.47. The summed E-state index contributed by atoms with van der Waals surface area (Å²) in [6.45, 7) is 7.12. The van der Waals surface area contributed by atoms with E-state index in [1.807, 2.05) is 25.1 Å². The molecule has 17 heavy (non-hydrogen) atoms. The van der Waals surface area contributed by atoms with Gasteiger partial charge in [0.2, 0.25) is 0 Å². The zero-order valence-corrected chi connectivity index (χ0v) is 11.3. The minimum absolute atomic E-state index is 0.494. The van der Waals surface area contributed by atoms with Gasteiger partial charge in [-0.25, -0.2) is 0 Å². The highest BCUT2D eigenvalue weighted by Gasteiger charge is 2.03.